The molecule has 0 fully saturated rings. The molecule has 0 aliphatic carbocycles. The molecule has 0 saturated heterocycles. The van der Waals surface area contributed by atoms with E-state index in [9.17, 15) is 9.18 Å². The van der Waals surface area contributed by atoms with E-state index >= 15 is 0 Å². The van der Waals surface area contributed by atoms with Crippen molar-refractivity contribution in [2.45, 2.75) is 6.92 Å². The number of pyridine rings is 1. The Morgan fingerprint density at radius 1 is 1.27 bits per heavy atom. The molecule has 1 amide bonds. The maximum atomic E-state index is 13.1. The molecular weight excluding hydrogens is 285 g/mol. The van der Waals surface area contributed by atoms with Gasteiger partial charge in [-0.15, -0.1) is 10.2 Å². The number of hydrogen-bond donors (Lipinski definition) is 1. The fourth-order valence-electron chi connectivity index (χ4n) is 2.02. The van der Waals surface area contributed by atoms with Crippen molar-refractivity contribution < 1.29 is 9.18 Å². The molecule has 0 spiro atoms. The van der Waals surface area contributed by atoms with Gasteiger partial charge in [-0.1, -0.05) is 6.07 Å². The van der Waals surface area contributed by atoms with Crippen LogP contribution in [0.25, 0.3) is 5.69 Å². The second kappa shape index (κ2) is 5.72. The molecule has 3 rings (SSSR count). The third-order valence-electron chi connectivity index (χ3n) is 3.07. The Labute approximate surface area is 125 Å². The van der Waals surface area contributed by atoms with Gasteiger partial charge in [-0.05, 0) is 31.2 Å². The van der Waals surface area contributed by atoms with Crippen molar-refractivity contribution in [3.63, 3.8) is 0 Å². The Hall–Kier alpha value is -3.09. The summed E-state index contributed by atoms with van der Waals surface area (Å²) in [6.45, 7) is 1.83. The van der Waals surface area contributed by atoms with Crippen LogP contribution in [0.2, 0.25) is 0 Å². The third-order valence-corrected chi connectivity index (χ3v) is 3.07. The fraction of sp³-hybridized carbons (Fsp3) is 0.0667. The monoisotopic (exact) mass is 297 g/mol. The zero-order chi connectivity index (χ0) is 15.5. The van der Waals surface area contributed by atoms with Crippen LogP contribution in [-0.4, -0.2) is 25.7 Å². The summed E-state index contributed by atoms with van der Waals surface area (Å²) in [5.74, 6) is -0.246. The number of amides is 1. The van der Waals surface area contributed by atoms with Crippen molar-refractivity contribution in [2.24, 2.45) is 0 Å². The number of hydrogen-bond acceptors (Lipinski definition) is 4. The van der Waals surface area contributed by atoms with Gasteiger partial charge in [0, 0.05) is 11.9 Å². The Morgan fingerprint density at radius 2 is 2.14 bits per heavy atom. The van der Waals surface area contributed by atoms with Crippen LogP contribution in [0.3, 0.4) is 0 Å². The van der Waals surface area contributed by atoms with E-state index < -0.39 is 11.7 Å². The lowest BCUT2D eigenvalue weighted by Crippen LogP contribution is -2.12. The van der Waals surface area contributed by atoms with E-state index in [0.29, 0.717) is 5.69 Å². The molecule has 3 aromatic rings. The number of aryl methyl sites for hydroxylation is 1. The predicted molar refractivity (Wildman–Crippen MR) is 78.2 cm³/mol. The number of benzene rings is 1. The Bertz CT molecular complexity index is 830. The highest BCUT2D eigenvalue weighted by molar-refractivity contribution is 6.04. The molecule has 1 N–H and O–H groups in total. The van der Waals surface area contributed by atoms with Crippen LogP contribution in [0.5, 0.6) is 0 Å². The summed E-state index contributed by atoms with van der Waals surface area (Å²) < 4.78 is 14.9. The summed E-state index contributed by atoms with van der Waals surface area (Å²) in [6, 6.07) is 8.33. The molecule has 0 saturated carbocycles. The van der Waals surface area contributed by atoms with Gasteiger partial charge in [0.05, 0.1) is 17.4 Å². The van der Waals surface area contributed by atoms with Crippen molar-refractivity contribution in [3.05, 3.63) is 66.3 Å². The van der Waals surface area contributed by atoms with E-state index in [1.54, 1.807) is 29.1 Å². The van der Waals surface area contributed by atoms with Crippen molar-refractivity contribution in [3.8, 4) is 5.69 Å². The van der Waals surface area contributed by atoms with E-state index in [1.165, 1.54) is 6.20 Å². The summed E-state index contributed by atoms with van der Waals surface area (Å²) >= 11 is 0. The van der Waals surface area contributed by atoms with Crippen LogP contribution in [0.4, 0.5) is 10.1 Å². The molecule has 7 heteroatoms. The number of carbonyl (C=O) groups is 1. The molecule has 22 heavy (non-hydrogen) atoms. The van der Waals surface area contributed by atoms with Gasteiger partial charge in [0.15, 0.2) is 0 Å². The first-order valence-electron chi connectivity index (χ1n) is 6.52. The summed E-state index contributed by atoms with van der Waals surface area (Å²) in [4.78, 5) is 15.7. The second-order valence-corrected chi connectivity index (χ2v) is 4.64. The molecule has 2 aromatic heterocycles. The summed E-state index contributed by atoms with van der Waals surface area (Å²) in [6.07, 6.45) is 3.95. The Morgan fingerprint density at radius 3 is 2.86 bits per heavy atom. The van der Waals surface area contributed by atoms with E-state index in [1.807, 2.05) is 13.0 Å². The van der Waals surface area contributed by atoms with Gasteiger partial charge in [0.1, 0.15) is 18.0 Å². The Balaban J connectivity index is 1.84. The maximum absolute atomic E-state index is 13.1. The van der Waals surface area contributed by atoms with Crippen LogP contribution in [-0.2, 0) is 0 Å². The Kier molecular flexibility index (Phi) is 3.61. The molecule has 6 nitrogen and oxygen atoms in total. The largest absolute Gasteiger partial charge is 0.322 e. The van der Waals surface area contributed by atoms with Crippen LogP contribution in [0.15, 0.2) is 49.1 Å². The number of carbonyl (C=O) groups excluding carboxylic acids is 1. The van der Waals surface area contributed by atoms with E-state index in [-0.39, 0.29) is 5.56 Å². The normalized spacial score (nSPS) is 10.5. The molecule has 0 atom stereocenters. The maximum Gasteiger partial charge on any atom is 0.257 e. The predicted octanol–water partition coefficient (Wildman–Crippen LogP) is 2.36. The quantitative estimate of drug-likeness (QED) is 0.805. The average Bonchev–Trinajstić information content (AvgIpc) is 2.94. The lowest BCUT2D eigenvalue weighted by Gasteiger charge is -2.08. The molecule has 1 aromatic carbocycles. The molecule has 0 aliphatic heterocycles. The van der Waals surface area contributed by atoms with Crippen molar-refractivity contribution in [1.29, 1.82) is 0 Å². The number of anilines is 1. The smallest absolute Gasteiger partial charge is 0.257 e. The van der Waals surface area contributed by atoms with Gasteiger partial charge >= 0.3 is 0 Å². The number of nitrogens with zero attached hydrogens (tertiary/aromatic N) is 4. The zero-order valence-corrected chi connectivity index (χ0v) is 11.7. The summed E-state index contributed by atoms with van der Waals surface area (Å²) in [7, 11) is 0. The molecule has 0 radical (unpaired) electrons. The first-order chi connectivity index (χ1) is 10.6. The lowest BCUT2D eigenvalue weighted by atomic mass is 10.2. The molecule has 0 aliphatic rings. The van der Waals surface area contributed by atoms with Gasteiger partial charge in [-0.3, -0.25) is 14.3 Å². The fourth-order valence-corrected chi connectivity index (χ4v) is 2.02. The van der Waals surface area contributed by atoms with Crippen LogP contribution < -0.4 is 5.32 Å². The molecule has 0 bridgehead atoms. The topological polar surface area (TPSA) is 72.7 Å². The zero-order valence-electron chi connectivity index (χ0n) is 11.7. The summed E-state index contributed by atoms with van der Waals surface area (Å²) in [5.41, 5.74) is 1.56. The van der Waals surface area contributed by atoms with E-state index in [4.69, 9.17) is 0 Å². The van der Waals surface area contributed by atoms with Gasteiger partial charge in [-0.2, -0.15) is 0 Å². The third kappa shape index (κ3) is 2.83. The highest BCUT2D eigenvalue weighted by Gasteiger charge is 2.09. The van der Waals surface area contributed by atoms with E-state index in [0.717, 1.165) is 23.8 Å². The van der Waals surface area contributed by atoms with E-state index in [2.05, 4.69) is 20.5 Å². The SMILES string of the molecule is Cc1nncn1-c1cccc(NC(=O)c2cncc(F)c2)c1. The highest BCUT2D eigenvalue weighted by atomic mass is 19.1. The number of halogens is 1. The van der Waals surface area contributed by atoms with Gasteiger partial charge < -0.3 is 5.32 Å². The van der Waals surface area contributed by atoms with Crippen molar-refractivity contribution >= 4 is 11.6 Å². The minimum Gasteiger partial charge on any atom is -0.322 e. The van der Waals surface area contributed by atoms with Gasteiger partial charge in [-0.25, -0.2) is 4.39 Å². The molecule has 0 unspecified atom stereocenters. The van der Waals surface area contributed by atoms with Crippen LogP contribution >= 0.6 is 0 Å². The van der Waals surface area contributed by atoms with Crippen molar-refractivity contribution in [1.82, 2.24) is 19.7 Å². The van der Waals surface area contributed by atoms with Crippen molar-refractivity contribution in [2.75, 3.05) is 5.32 Å². The van der Waals surface area contributed by atoms with Crippen LogP contribution in [0, 0.1) is 12.7 Å². The van der Waals surface area contributed by atoms with Gasteiger partial charge in [0.2, 0.25) is 0 Å². The number of rotatable bonds is 3. The van der Waals surface area contributed by atoms with Gasteiger partial charge in [0.25, 0.3) is 5.91 Å². The average molecular weight is 297 g/mol. The second-order valence-electron chi connectivity index (χ2n) is 4.64. The highest BCUT2D eigenvalue weighted by Crippen LogP contribution is 2.16. The molecule has 110 valence electrons. The van der Waals surface area contributed by atoms with Crippen LogP contribution in [0.1, 0.15) is 16.2 Å². The molecule has 2 heterocycles. The minimum absolute atomic E-state index is 0.158. The number of aromatic nitrogens is 4. The first-order valence-corrected chi connectivity index (χ1v) is 6.52. The lowest BCUT2D eigenvalue weighted by molar-refractivity contribution is 0.102. The minimum atomic E-state index is -0.554. The standard InChI is InChI=1S/C15H12FN5O/c1-10-20-18-9-21(10)14-4-2-3-13(6-14)19-15(22)11-5-12(16)8-17-7-11/h2-9H,1H3,(H,19,22). The number of nitrogens with one attached hydrogen (secondary N) is 1. The summed E-state index contributed by atoms with van der Waals surface area (Å²) in [5, 5.41) is 10.4. The first kappa shape index (κ1) is 13.9. The molecular formula is C15H12FN5O.